The van der Waals surface area contributed by atoms with Crippen molar-refractivity contribution in [1.29, 1.82) is 0 Å². The molecule has 0 aromatic heterocycles. The number of alkyl halides is 3. The Bertz CT molecular complexity index is 1250. The summed E-state index contributed by atoms with van der Waals surface area (Å²) in [6.45, 7) is 0.155. The molecule has 1 fully saturated rings. The number of benzene rings is 2. The molecular weight excluding hydrogens is 494 g/mol. The highest BCUT2D eigenvalue weighted by molar-refractivity contribution is 5.79. The summed E-state index contributed by atoms with van der Waals surface area (Å²) in [4.78, 5) is 12.7. The normalized spacial score (nSPS) is 25.5. The Morgan fingerprint density at radius 1 is 1.16 bits per heavy atom. The van der Waals surface area contributed by atoms with E-state index >= 15 is 0 Å². The van der Waals surface area contributed by atoms with Gasteiger partial charge in [-0.3, -0.25) is 15.2 Å². The number of rotatable bonds is 5. The number of ether oxygens (including phenoxy) is 3. The molecule has 2 aliphatic heterocycles. The molecule has 1 aliphatic carbocycles. The quantitative estimate of drug-likeness (QED) is 0.343. The Morgan fingerprint density at radius 3 is 2.59 bits per heavy atom. The molecule has 1 saturated carbocycles. The Morgan fingerprint density at radius 2 is 1.92 bits per heavy atom. The number of hydrazine groups is 2. The SMILES string of the molecule is COC(=O)[C@H]1CC[C@@]2(C=C(c3cc(N4C=CNN4C(F)(F)F)ccc3OC)CO2)[C@@H]1c1ccc(F)cc1. The molecule has 196 valence electrons. The van der Waals surface area contributed by atoms with Crippen LogP contribution in [0.4, 0.5) is 23.2 Å². The minimum absolute atomic E-state index is 0.0576. The molecule has 5 rings (SSSR count). The molecular formula is C26H25F4N3O4. The molecule has 2 heterocycles. The first-order chi connectivity index (χ1) is 17.7. The molecule has 0 amide bonds. The van der Waals surface area contributed by atoms with Gasteiger partial charge in [-0.15, -0.1) is 0 Å². The van der Waals surface area contributed by atoms with E-state index < -0.39 is 29.6 Å². The smallest absolute Gasteiger partial charge is 0.496 e. The summed E-state index contributed by atoms with van der Waals surface area (Å²) in [5.41, 5.74) is 3.56. The van der Waals surface area contributed by atoms with Gasteiger partial charge in [-0.2, -0.15) is 13.2 Å². The van der Waals surface area contributed by atoms with E-state index in [9.17, 15) is 22.4 Å². The van der Waals surface area contributed by atoms with Crippen LogP contribution >= 0.6 is 0 Å². The average molecular weight is 519 g/mol. The second-order valence-electron chi connectivity index (χ2n) is 9.06. The number of nitrogens with one attached hydrogen (secondary N) is 1. The molecule has 0 radical (unpaired) electrons. The molecule has 2 aromatic carbocycles. The maximum atomic E-state index is 13.7. The van der Waals surface area contributed by atoms with Gasteiger partial charge in [0.15, 0.2) is 0 Å². The Hall–Kier alpha value is -3.57. The number of carbonyl (C=O) groups excluding carboxylic acids is 1. The number of nitrogens with zero attached hydrogens (tertiary/aromatic N) is 2. The lowest BCUT2D eigenvalue weighted by Crippen LogP contribution is -2.51. The predicted molar refractivity (Wildman–Crippen MR) is 126 cm³/mol. The van der Waals surface area contributed by atoms with E-state index in [-0.39, 0.29) is 23.4 Å². The predicted octanol–water partition coefficient (Wildman–Crippen LogP) is 4.89. The molecule has 2 aromatic rings. The summed E-state index contributed by atoms with van der Waals surface area (Å²) in [7, 11) is 2.81. The van der Waals surface area contributed by atoms with Gasteiger partial charge in [-0.05, 0) is 65.5 Å². The zero-order valence-electron chi connectivity index (χ0n) is 20.1. The standard InChI is InChI=1S/C26H25F4N3O4/c1-35-22-8-7-19(32-12-11-31-33(32)26(28,29)30)13-21(22)17-14-25(37-15-17)10-9-20(24(34)36-2)23(25)16-3-5-18(27)6-4-16/h3-8,11-14,20,23,31H,9-10,15H2,1-2H3/t20-,23+,25+/m0/s1. The number of halogens is 4. The van der Waals surface area contributed by atoms with Crippen molar-refractivity contribution < 1.29 is 36.6 Å². The van der Waals surface area contributed by atoms with Crippen LogP contribution in [-0.4, -0.2) is 43.8 Å². The Kier molecular flexibility index (Phi) is 6.36. The molecule has 0 bridgehead atoms. The molecule has 37 heavy (non-hydrogen) atoms. The minimum Gasteiger partial charge on any atom is -0.496 e. The van der Waals surface area contributed by atoms with Gasteiger partial charge in [-0.1, -0.05) is 12.1 Å². The Labute approximate surface area is 210 Å². The lowest BCUT2D eigenvalue weighted by atomic mass is 9.79. The molecule has 7 nitrogen and oxygen atoms in total. The van der Waals surface area contributed by atoms with E-state index in [2.05, 4.69) is 5.43 Å². The monoisotopic (exact) mass is 519 g/mol. The molecule has 0 saturated heterocycles. The van der Waals surface area contributed by atoms with E-state index in [4.69, 9.17) is 14.2 Å². The number of hydrogen-bond donors (Lipinski definition) is 1. The van der Waals surface area contributed by atoms with Gasteiger partial charge >= 0.3 is 12.3 Å². The zero-order valence-corrected chi connectivity index (χ0v) is 20.1. The van der Waals surface area contributed by atoms with Crippen molar-refractivity contribution >= 4 is 17.2 Å². The third-order valence-electron chi connectivity index (χ3n) is 7.08. The van der Waals surface area contributed by atoms with Crippen LogP contribution in [0.1, 0.15) is 29.9 Å². The van der Waals surface area contributed by atoms with Crippen LogP contribution in [-0.2, 0) is 14.3 Å². The second kappa shape index (κ2) is 9.38. The van der Waals surface area contributed by atoms with Gasteiger partial charge in [-0.25, -0.2) is 4.39 Å². The highest BCUT2D eigenvalue weighted by Crippen LogP contribution is 2.54. The largest absolute Gasteiger partial charge is 0.496 e. The summed E-state index contributed by atoms with van der Waals surface area (Å²) in [5, 5.41) is 1.00. The van der Waals surface area contributed by atoms with Gasteiger partial charge < -0.3 is 14.2 Å². The van der Waals surface area contributed by atoms with E-state index in [1.165, 1.54) is 44.8 Å². The lowest BCUT2D eigenvalue weighted by molar-refractivity contribution is -0.257. The van der Waals surface area contributed by atoms with Crippen LogP contribution in [0.25, 0.3) is 5.57 Å². The summed E-state index contributed by atoms with van der Waals surface area (Å²) in [6, 6.07) is 10.7. The fraction of sp³-hybridized carbons (Fsp3) is 0.346. The van der Waals surface area contributed by atoms with E-state index in [0.29, 0.717) is 29.7 Å². The van der Waals surface area contributed by atoms with Gasteiger partial charge in [0.25, 0.3) is 0 Å². The van der Waals surface area contributed by atoms with Crippen LogP contribution < -0.4 is 15.2 Å². The molecule has 3 aliphatic rings. The first kappa shape index (κ1) is 25.1. The average Bonchev–Trinajstić information content (AvgIpc) is 3.63. The lowest BCUT2D eigenvalue weighted by Gasteiger charge is -2.31. The number of methoxy groups -OCH3 is 2. The summed E-state index contributed by atoms with van der Waals surface area (Å²) >= 11 is 0. The highest BCUT2D eigenvalue weighted by atomic mass is 19.4. The van der Waals surface area contributed by atoms with Crippen LogP contribution in [0.3, 0.4) is 0 Å². The number of hydrogen-bond acceptors (Lipinski definition) is 7. The van der Waals surface area contributed by atoms with E-state index in [1.54, 1.807) is 24.3 Å². The summed E-state index contributed by atoms with van der Waals surface area (Å²) in [5.74, 6) is -1.24. The second-order valence-corrected chi connectivity index (χ2v) is 9.06. The van der Waals surface area contributed by atoms with Crippen LogP contribution in [0, 0.1) is 11.7 Å². The van der Waals surface area contributed by atoms with E-state index in [1.807, 2.05) is 6.08 Å². The van der Waals surface area contributed by atoms with Crippen molar-refractivity contribution in [2.45, 2.75) is 30.7 Å². The maximum Gasteiger partial charge on any atom is 0.496 e. The number of anilines is 1. The zero-order chi connectivity index (χ0) is 26.4. The Balaban J connectivity index is 1.55. The topological polar surface area (TPSA) is 63.3 Å². The van der Waals surface area contributed by atoms with Crippen molar-refractivity contribution in [3.05, 3.63) is 77.9 Å². The van der Waals surface area contributed by atoms with Gasteiger partial charge in [0.05, 0.1) is 38.0 Å². The maximum absolute atomic E-state index is 13.7. The van der Waals surface area contributed by atoms with Crippen molar-refractivity contribution in [2.24, 2.45) is 5.92 Å². The summed E-state index contributed by atoms with van der Waals surface area (Å²) < 4.78 is 71.0. The molecule has 11 heteroatoms. The van der Waals surface area contributed by atoms with Gasteiger partial charge in [0.1, 0.15) is 11.6 Å². The van der Waals surface area contributed by atoms with Crippen molar-refractivity contribution in [1.82, 2.24) is 10.5 Å². The molecule has 0 unspecified atom stereocenters. The molecule has 1 spiro atoms. The van der Waals surface area contributed by atoms with Crippen molar-refractivity contribution in [3.8, 4) is 5.75 Å². The highest BCUT2D eigenvalue weighted by Gasteiger charge is 2.54. The van der Waals surface area contributed by atoms with Crippen LogP contribution in [0.2, 0.25) is 0 Å². The third kappa shape index (κ3) is 4.42. The third-order valence-corrected chi connectivity index (χ3v) is 7.08. The first-order valence-electron chi connectivity index (χ1n) is 11.6. The fourth-order valence-corrected chi connectivity index (χ4v) is 5.49. The number of esters is 1. The summed E-state index contributed by atoms with van der Waals surface area (Å²) in [6.07, 6.45) is 0.733. The van der Waals surface area contributed by atoms with Gasteiger partial charge in [0.2, 0.25) is 0 Å². The van der Waals surface area contributed by atoms with E-state index in [0.717, 1.165) is 10.6 Å². The van der Waals surface area contributed by atoms with Crippen LogP contribution in [0.5, 0.6) is 5.75 Å². The fourth-order valence-electron chi connectivity index (χ4n) is 5.49. The minimum atomic E-state index is -4.65. The molecule has 1 N–H and O–H groups in total. The van der Waals surface area contributed by atoms with Crippen molar-refractivity contribution in [2.75, 3.05) is 25.8 Å². The van der Waals surface area contributed by atoms with Crippen LogP contribution in [0.15, 0.2) is 60.9 Å². The number of carbonyl (C=O) groups is 1. The molecule has 3 atom stereocenters. The van der Waals surface area contributed by atoms with Gasteiger partial charge in [0, 0.05) is 23.9 Å². The first-order valence-corrected chi connectivity index (χ1v) is 11.6. The van der Waals surface area contributed by atoms with Crippen molar-refractivity contribution in [3.63, 3.8) is 0 Å².